The van der Waals surface area contributed by atoms with Gasteiger partial charge in [0.1, 0.15) is 10.5 Å². The number of nitrogens with one attached hydrogen (secondary N) is 1. The van der Waals surface area contributed by atoms with E-state index < -0.39 is 0 Å². The van der Waals surface area contributed by atoms with Crippen molar-refractivity contribution in [2.24, 2.45) is 7.05 Å². The lowest BCUT2D eigenvalue weighted by molar-refractivity contribution is 0.433. The quantitative estimate of drug-likeness (QED) is 0.756. The van der Waals surface area contributed by atoms with Gasteiger partial charge in [-0.3, -0.25) is 9.25 Å². The normalized spacial score (nSPS) is 12.4. The number of aromatic amines is 1. The number of nitrogens with zero attached hydrogens (tertiary/aromatic N) is 4. The highest BCUT2D eigenvalue weighted by Gasteiger charge is 2.30. The Morgan fingerprint density at radius 3 is 2.80 bits per heavy atom. The van der Waals surface area contributed by atoms with Crippen LogP contribution in [0.4, 0.5) is 0 Å². The highest BCUT2D eigenvalue weighted by molar-refractivity contribution is 7.71. The maximum Gasteiger partial charge on any atom is 0.180 e. The molecule has 1 N–H and O–H groups in total. The number of rotatable bonds is 3. The number of hydrogen-bond donors (Lipinski definition) is 1. The molecule has 0 radical (unpaired) electrons. The molecule has 0 bridgehead atoms. The average molecular weight is 307 g/mol. The van der Waals surface area contributed by atoms with Crippen molar-refractivity contribution in [2.75, 3.05) is 0 Å². The van der Waals surface area contributed by atoms with Gasteiger partial charge in [-0.1, -0.05) is 6.92 Å². The van der Waals surface area contributed by atoms with Crippen LogP contribution in [0.3, 0.4) is 0 Å². The molecule has 3 aromatic heterocycles. The first-order valence-electron chi connectivity index (χ1n) is 6.53. The molecule has 0 unspecified atom stereocenters. The number of fused-ring (bicyclic) bond motifs is 1. The summed E-state index contributed by atoms with van der Waals surface area (Å²) in [6, 6.07) is 0. The van der Waals surface area contributed by atoms with Gasteiger partial charge in [0.05, 0.1) is 11.2 Å². The van der Waals surface area contributed by atoms with E-state index in [0.717, 1.165) is 28.3 Å². The molecule has 0 aromatic carbocycles. The lowest BCUT2D eigenvalue weighted by Crippen LogP contribution is -2.28. The number of aryl methyl sites for hydroxylation is 2. The molecule has 0 aliphatic carbocycles. The van der Waals surface area contributed by atoms with Crippen LogP contribution < -0.4 is 0 Å². The van der Waals surface area contributed by atoms with Crippen LogP contribution in [0.15, 0.2) is 11.6 Å². The Morgan fingerprint density at radius 1 is 1.45 bits per heavy atom. The van der Waals surface area contributed by atoms with E-state index in [2.05, 4.69) is 40.4 Å². The van der Waals surface area contributed by atoms with Crippen molar-refractivity contribution in [3.8, 4) is 0 Å². The van der Waals surface area contributed by atoms with E-state index in [1.54, 1.807) is 11.3 Å². The Hall–Kier alpha value is -1.47. The van der Waals surface area contributed by atoms with Crippen molar-refractivity contribution in [3.63, 3.8) is 0 Å². The standard InChI is InChI=1S/C13H17N5S2/c1-5-8-9-10(17(4)16-8)18(12(19)15-9)13(2,3)11-14-6-7-20-11/h6-7H,5H2,1-4H3,(H,15,19). The zero-order valence-corrected chi connectivity index (χ0v) is 13.6. The summed E-state index contributed by atoms with van der Waals surface area (Å²) >= 11 is 7.18. The third-order valence-corrected chi connectivity index (χ3v) is 4.96. The van der Waals surface area contributed by atoms with Gasteiger partial charge in [-0.25, -0.2) is 4.98 Å². The topological polar surface area (TPSA) is 51.4 Å². The van der Waals surface area contributed by atoms with Crippen molar-refractivity contribution in [2.45, 2.75) is 32.7 Å². The van der Waals surface area contributed by atoms with E-state index in [1.807, 2.05) is 23.3 Å². The summed E-state index contributed by atoms with van der Waals surface area (Å²) in [4.78, 5) is 7.76. The summed E-state index contributed by atoms with van der Waals surface area (Å²) in [5, 5.41) is 7.59. The Kier molecular flexibility index (Phi) is 3.06. The van der Waals surface area contributed by atoms with Crippen LogP contribution in [-0.2, 0) is 19.0 Å². The van der Waals surface area contributed by atoms with Gasteiger partial charge in [-0.05, 0) is 32.5 Å². The minimum absolute atomic E-state index is 0.303. The van der Waals surface area contributed by atoms with Gasteiger partial charge in [0.15, 0.2) is 10.4 Å². The van der Waals surface area contributed by atoms with Crippen molar-refractivity contribution in [3.05, 3.63) is 27.0 Å². The average Bonchev–Trinajstić information content (AvgIpc) is 3.06. The number of imidazole rings is 1. The molecular formula is C13H17N5S2. The Labute approximate surface area is 126 Å². The molecule has 3 aromatic rings. The Balaban J connectivity index is 2.34. The van der Waals surface area contributed by atoms with Gasteiger partial charge in [0.25, 0.3) is 0 Å². The van der Waals surface area contributed by atoms with Gasteiger partial charge < -0.3 is 4.98 Å². The molecule has 0 aliphatic heterocycles. The molecule has 0 amide bonds. The summed E-state index contributed by atoms with van der Waals surface area (Å²) < 4.78 is 4.72. The maximum atomic E-state index is 5.54. The van der Waals surface area contributed by atoms with Gasteiger partial charge >= 0.3 is 0 Å². The predicted octanol–water partition coefficient (Wildman–Crippen LogP) is 3.23. The first kappa shape index (κ1) is 13.5. The van der Waals surface area contributed by atoms with Crippen LogP contribution in [0.5, 0.6) is 0 Å². The van der Waals surface area contributed by atoms with Crippen molar-refractivity contribution in [1.29, 1.82) is 0 Å². The van der Waals surface area contributed by atoms with Crippen LogP contribution in [0.1, 0.15) is 31.5 Å². The van der Waals surface area contributed by atoms with Gasteiger partial charge in [0, 0.05) is 18.6 Å². The minimum atomic E-state index is -0.303. The van der Waals surface area contributed by atoms with E-state index in [4.69, 9.17) is 12.2 Å². The van der Waals surface area contributed by atoms with E-state index in [0.29, 0.717) is 4.77 Å². The summed E-state index contributed by atoms with van der Waals surface area (Å²) in [6.45, 7) is 6.36. The lowest BCUT2D eigenvalue weighted by atomic mass is 10.1. The highest BCUT2D eigenvalue weighted by atomic mass is 32.1. The molecule has 7 heteroatoms. The number of H-pyrrole nitrogens is 1. The molecule has 0 saturated heterocycles. The smallest absolute Gasteiger partial charge is 0.180 e. The summed E-state index contributed by atoms with van der Waals surface area (Å²) in [7, 11) is 1.96. The monoisotopic (exact) mass is 307 g/mol. The molecule has 106 valence electrons. The molecule has 5 nitrogen and oxygen atoms in total. The second kappa shape index (κ2) is 4.53. The number of aromatic nitrogens is 5. The number of hydrogen-bond acceptors (Lipinski definition) is 4. The lowest BCUT2D eigenvalue weighted by Gasteiger charge is -2.24. The third kappa shape index (κ3) is 1.76. The fourth-order valence-corrected chi connectivity index (χ4v) is 3.77. The first-order valence-corrected chi connectivity index (χ1v) is 7.82. The molecule has 0 fully saturated rings. The predicted molar refractivity (Wildman–Crippen MR) is 83.8 cm³/mol. The SMILES string of the molecule is CCc1nn(C)c2c1[nH]c(=S)n2C(C)(C)c1nccs1. The summed E-state index contributed by atoms with van der Waals surface area (Å²) in [6.07, 6.45) is 2.71. The maximum absolute atomic E-state index is 5.54. The van der Waals surface area contributed by atoms with Crippen LogP contribution in [0.2, 0.25) is 0 Å². The zero-order chi connectivity index (χ0) is 14.5. The Bertz CT molecular complexity index is 804. The molecule has 0 aliphatic rings. The molecular weight excluding hydrogens is 290 g/mol. The first-order chi connectivity index (χ1) is 9.46. The van der Waals surface area contributed by atoms with E-state index in [9.17, 15) is 0 Å². The fraction of sp³-hybridized carbons (Fsp3) is 0.462. The van der Waals surface area contributed by atoms with E-state index in [1.165, 1.54) is 0 Å². The van der Waals surface area contributed by atoms with Crippen LogP contribution in [-0.4, -0.2) is 24.3 Å². The second-order valence-electron chi connectivity index (χ2n) is 5.28. The largest absolute Gasteiger partial charge is 0.328 e. The van der Waals surface area contributed by atoms with Gasteiger partial charge in [-0.2, -0.15) is 5.10 Å². The van der Waals surface area contributed by atoms with Crippen molar-refractivity contribution < 1.29 is 0 Å². The molecule has 0 saturated carbocycles. The van der Waals surface area contributed by atoms with Crippen LogP contribution in [0, 0.1) is 4.77 Å². The van der Waals surface area contributed by atoms with Crippen LogP contribution >= 0.6 is 23.6 Å². The van der Waals surface area contributed by atoms with E-state index in [-0.39, 0.29) is 5.54 Å². The van der Waals surface area contributed by atoms with Gasteiger partial charge in [-0.15, -0.1) is 11.3 Å². The second-order valence-corrected chi connectivity index (χ2v) is 6.57. The molecule has 3 heterocycles. The molecule has 0 spiro atoms. The van der Waals surface area contributed by atoms with Crippen molar-refractivity contribution in [1.82, 2.24) is 24.3 Å². The molecule has 3 rings (SSSR count). The van der Waals surface area contributed by atoms with E-state index >= 15 is 0 Å². The minimum Gasteiger partial charge on any atom is -0.328 e. The zero-order valence-electron chi connectivity index (χ0n) is 12.0. The Morgan fingerprint density at radius 2 is 2.20 bits per heavy atom. The summed E-state index contributed by atoms with van der Waals surface area (Å²) in [5.41, 5.74) is 2.79. The van der Waals surface area contributed by atoms with Crippen LogP contribution in [0.25, 0.3) is 11.2 Å². The highest BCUT2D eigenvalue weighted by Crippen LogP contribution is 2.32. The van der Waals surface area contributed by atoms with Gasteiger partial charge in [0.2, 0.25) is 0 Å². The number of thiazole rings is 1. The fourth-order valence-electron chi connectivity index (χ4n) is 2.60. The molecule has 20 heavy (non-hydrogen) atoms. The third-order valence-electron chi connectivity index (χ3n) is 3.59. The molecule has 0 atom stereocenters. The summed E-state index contributed by atoms with van der Waals surface area (Å²) in [5.74, 6) is 0. The van der Waals surface area contributed by atoms with Crippen molar-refractivity contribution >= 4 is 34.7 Å².